The van der Waals surface area contributed by atoms with Crippen LogP contribution in [0.25, 0.3) is 0 Å². The predicted octanol–water partition coefficient (Wildman–Crippen LogP) is 0.121. The molecule has 1 N–H and O–H groups in total. The molecule has 1 aromatic rings. The van der Waals surface area contributed by atoms with E-state index in [-0.39, 0.29) is 5.56 Å². The number of hydrogen-bond donors (Lipinski definition) is 1. The second kappa shape index (κ2) is 5.05. The van der Waals surface area contributed by atoms with E-state index in [0.29, 0.717) is 5.56 Å². The van der Waals surface area contributed by atoms with E-state index in [2.05, 4.69) is 23.7 Å². The van der Waals surface area contributed by atoms with Crippen LogP contribution in [-0.4, -0.2) is 15.8 Å². The fourth-order valence-corrected chi connectivity index (χ4v) is 0.870. The van der Waals surface area contributed by atoms with Crippen molar-refractivity contribution in [2.24, 2.45) is 7.05 Å². The van der Waals surface area contributed by atoms with Crippen molar-refractivity contribution in [2.45, 2.75) is 13.0 Å². The number of rotatable bonds is 0. The summed E-state index contributed by atoms with van der Waals surface area (Å²) in [6.45, 7) is 1.56. The zero-order valence-electron chi connectivity index (χ0n) is 8.61. The number of aliphatic hydroxyl groups excluding tert-OH is 1. The highest BCUT2D eigenvalue weighted by Crippen LogP contribution is 1.89. The van der Waals surface area contributed by atoms with E-state index < -0.39 is 6.10 Å². The molecule has 76 valence electrons. The van der Waals surface area contributed by atoms with E-state index in [4.69, 9.17) is 5.11 Å². The summed E-state index contributed by atoms with van der Waals surface area (Å²) >= 11 is 0. The Hall–Kier alpha value is -1.97. The Kier molecular flexibility index (Phi) is 3.74. The molecule has 0 aliphatic carbocycles. The lowest BCUT2D eigenvalue weighted by Gasteiger charge is -1.93. The smallest absolute Gasteiger partial charge is 0.251 e. The zero-order valence-corrected chi connectivity index (χ0v) is 8.61. The molecule has 0 fully saturated rings. The molecule has 0 aliphatic heterocycles. The molecule has 0 saturated carbocycles. The third-order valence-electron chi connectivity index (χ3n) is 1.65. The second-order valence-corrected chi connectivity index (χ2v) is 3.06. The van der Waals surface area contributed by atoms with Gasteiger partial charge in [-0.25, -0.2) is 0 Å². The van der Waals surface area contributed by atoms with Gasteiger partial charge >= 0.3 is 0 Å². The largest absolute Gasteiger partial charge is 0.381 e. The molecule has 1 atom stereocenters. The Morgan fingerprint density at radius 1 is 1.47 bits per heavy atom. The number of hydrogen-bond acceptors (Lipinski definition) is 2. The molecule has 0 spiro atoms. The van der Waals surface area contributed by atoms with Gasteiger partial charge in [0.1, 0.15) is 6.10 Å². The van der Waals surface area contributed by atoms with Gasteiger partial charge in [0.15, 0.2) is 0 Å². The molecule has 1 heterocycles. The van der Waals surface area contributed by atoms with Gasteiger partial charge in [-0.15, -0.1) is 0 Å². The average molecular weight is 201 g/mol. The van der Waals surface area contributed by atoms with Crippen LogP contribution in [0.5, 0.6) is 0 Å². The fraction of sp³-hybridized carbons (Fsp3) is 0.250. The van der Waals surface area contributed by atoms with Crippen molar-refractivity contribution in [1.29, 1.82) is 0 Å². The summed E-state index contributed by atoms with van der Waals surface area (Å²) in [4.78, 5) is 11.2. The topological polar surface area (TPSA) is 42.2 Å². The highest BCUT2D eigenvalue weighted by atomic mass is 16.3. The second-order valence-electron chi connectivity index (χ2n) is 3.06. The Labute approximate surface area is 88.4 Å². The lowest BCUT2D eigenvalue weighted by molar-refractivity contribution is 0.253. The molecule has 3 nitrogen and oxygen atoms in total. The maximum Gasteiger partial charge on any atom is 0.251 e. The van der Waals surface area contributed by atoms with Crippen LogP contribution < -0.4 is 5.56 Å². The highest BCUT2D eigenvalue weighted by Gasteiger charge is 1.90. The molecule has 1 unspecified atom stereocenters. The van der Waals surface area contributed by atoms with Crippen LogP contribution >= 0.6 is 0 Å². The van der Waals surface area contributed by atoms with Crippen LogP contribution in [0.1, 0.15) is 12.5 Å². The molecule has 0 aromatic carbocycles. The molecule has 1 rings (SSSR count). The van der Waals surface area contributed by atoms with Crippen LogP contribution in [-0.2, 0) is 7.05 Å². The van der Waals surface area contributed by atoms with Crippen molar-refractivity contribution in [3.8, 4) is 23.7 Å². The van der Waals surface area contributed by atoms with Crippen LogP contribution in [0.4, 0.5) is 0 Å². The van der Waals surface area contributed by atoms with Crippen molar-refractivity contribution >= 4 is 0 Å². The Balaban J connectivity index is 2.87. The van der Waals surface area contributed by atoms with Gasteiger partial charge in [-0.2, -0.15) is 0 Å². The van der Waals surface area contributed by atoms with Crippen molar-refractivity contribution in [3.05, 3.63) is 34.2 Å². The lowest BCUT2D eigenvalue weighted by atomic mass is 10.2. The Bertz CT molecular complexity index is 518. The summed E-state index contributed by atoms with van der Waals surface area (Å²) in [5.41, 5.74) is 0.517. The molecule has 0 amide bonds. The van der Waals surface area contributed by atoms with E-state index in [1.54, 1.807) is 26.2 Å². The van der Waals surface area contributed by atoms with E-state index >= 15 is 0 Å². The van der Waals surface area contributed by atoms with Crippen LogP contribution in [0.15, 0.2) is 23.1 Å². The fourth-order valence-electron chi connectivity index (χ4n) is 0.870. The van der Waals surface area contributed by atoms with Crippen molar-refractivity contribution in [3.63, 3.8) is 0 Å². The highest BCUT2D eigenvalue weighted by molar-refractivity contribution is 5.39. The Morgan fingerprint density at radius 3 is 2.80 bits per heavy atom. The number of aliphatic hydroxyl groups is 1. The molecule has 15 heavy (non-hydrogen) atoms. The van der Waals surface area contributed by atoms with E-state index in [1.165, 1.54) is 10.6 Å². The van der Waals surface area contributed by atoms with Crippen LogP contribution in [0.3, 0.4) is 0 Å². The number of nitrogens with zero attached hydrogens (tertiary/aromatic N) is 1. The molecule has 1 aromatic heterocycles. The zero-order chi connectivity index (χ0) is 11.3. The van der Waals surface area contributed by atoms with Crippen molar-refractivity contribution in [2.75, 3.05) is 0 Å². The summed E-state index contributed by atoms with van der Waals surface area (Å²) in [7, 11) is 1.67. The molecule has 0 saturated heterocycles. The summed E-state index contributed by atoms with van der Waals surface area (Å²) in [6.07, 6.45) is 0.969. The van der Waals surface area contributed by atoms with Gasteiger partial charge < -0.3 is 9.67 Å². The molecule has 0 radical (unpaired) electrons. The van der Waals surface area contributed by atoms with Gasteiger partial charge in [0.2, 0.25) is 0 Å². The minimum absolute atomic E-state index is 0.106. The van der Waals surface area contributed by atoms with Gasteiger partial charge in [0, 0.05) is 24.9 Å². The first kappa shape index (κ1) is 11.1. The van der Waals surface area contributed by atoms with E-state index in [9.17, 15) is 4.79 Å². The minimum Gasteiger partial charge on any atom is -0.381 e. The third kappa shape index (κ3) is 3.72. The summed E-state index contributed by atoms with van der Waals surface area (Å²) in [5.74, 6) is 10.3. The van der Waals surface area contributed by atoms with Gasteiger partial charge in [-0.3, -0.25) is 4.79 Å². The molecule has 3 heteroatoms. The maximum atomic E-state index is 11.2. The maximum absolute atomic E-state index is 11.2. The van der Waals surface area contributed by atoms with Gasteiger partial charge in [0.25, 0.3) is 5.56 Å². The molecular weight excluding hydrogens is 190 g/mol. The number of pyridine rings is 1. The van der Waals surface area contributed by atoms with Crippen molar-refractivity contribution < 1.29 is 5.11 Å². The number of aryl methyl sites for hydroxylation is 1. The van der Waals surface area contributed by atoms with Gasteiger partial charge in [-0.05, 0) is 24.8 Å². The van der Waals surface area contributed by atoms with Gasteiger partial charge in [0.05, 0.1) is 0 Å². The lowest BCUT2D eigenvalue weighted by Crippen LogP contribution is -2.14. The minimum atomic E-state index is -0.678. The summed E-state index contributed by atoms with van der Waals surface area (Å²) in [5, 5.41) is 8.84. The molecular formula is C12H11NO2. The standard InChI is InChI=1S/C12H11NO2/c1-10(14)5-3-4-6-11-7-8-13(2)12(15)9-11/h7-10,14H,1-2H3. The average Bonchev–Trinajstić information content (AvgIpc) is 2.18. The number of aromatic nitrogens is 1. The first-order chi connectivity index (χ1) is 7.09. The molecule has 0 aliphatic rings. The van der Waals surface area contributed by atoms with E-state index in [0.717, 1.165) is 0 Å². The van der Waals surface area contributed by atoms with Gasteiger partial charge in [-0.1, -0.05) is 11.8 Å². The van der Waals surface area contributed by atoms with Crippen molar-refractivity contribution in [1.82, 2.24) is 4.57 Å². The quantitative estimate of drug-likeness (QED) is 0.606. The van der Waals surface area contributed by atoms with E-state index in [1.807, 2.05) is 0 Å². The Morgan fingerprint density at radius 2 is 2.20 bits per heavy atom. The normalized spacial score (nSPS) is 10.6. The SMILES string of the molecule is CC(O)C#CC#Cc1ccn(C)c(=O)c1. The first-order valence-corrected chi connectivity index (χ1v) is 4.46. The van der Waals surface area contributed by atoms with Crippen LogP contribution in [0, 0.1) is 23.7 Å². The first-order valence-electron chi connectivity index (χ1n) is 4.46. The monoisotopic (exact) mass is 201 g/mol. The summed E-state index contributed by atoms with van der Waals surface area (Å²) < 4.78 is 1.46. The summed E-state index contributed by atoms with van der Waals surface area (Å²) in [6, 6.07) is 3.18. The molecule has 0 bridgehead atoms. The predicted molar refractivity (Wildman–Crippen MR) is 58.0 cm³/mol. The van der Waals surface area contributed by atoms with Crippen LogP contribution in [0.2, 0.25) is 0 Å². The third-order valence-corrected chi connectivity index (χ3v) is 1.65.